The highest BCUT2D eigenvalue weighted by Gasteiger charge is 2.17. The highest BCUT2D eigenvalue weighted by atomic mass is 32.1. The standard InChI is InChI=1S/C25H29N3O2S/c29-25-8-4-19-3-6-22(18-23(19)26-25)30-15-2-1-10-27-11-13-28(14-12-27)21-5-7-24-20(17-21)9-16-31-24/h3,5-7,9,16-18H,1-2,4,8,10-15H2,(H,26,29). The zero-order chi connectivity index (χ0) is 21.0. The van der Waals surface area contributed by atoms with E-state index in [1.54, 1.807) is 0 Å². The van der Waals surface area contributed by atoms with Gasteiger partial charge in [0.1, 0.15) is 5.75 Å². The van der Waals surface area contributed by atoms with Crippen LogP contribution in [0.25, 0.3) is 10.1 Å². The summed E-state index contributed by atoms with van der Waals surface area (Å²) >= 11 is 1.81. The zero-order valence-electron chi connectivity index (χ0n) is 17.8. The number of aryl methyl sites for hydroxylation is 1. The van der Waals surface area contributed by atoms with Crippen LogP contribution in [0.15, 0.2) is 47.8 Å². The van der Waals surface area contributed by atoms with Crippen molar-refractivity contribution >= 4 is 38.7 Å². The number of nitrogens with zero attached hydrogens (tertiary/aromatic N) is 2. The van der Waals surface area contributed by atoms with Gasteiger partial charge in [0.25, 0.3) is 0 Å². The van der Waals surface area contributed by atoms with E-state index in [0.717, 1.165) is 63.4 Å². The van der Waals surface area contributed by atoms with Gasteiger partial charge in [0.2, 0.25) is 5.91 Å². The van der Waals surface area contributed by atoms with Gasteiger partial charge >= 0.3 is 0 Å². The minimum atomic E-state index is 0.0942. The smallest absolute Gasteiger partial charge is 0.224 e. The third-order valence-electron chi connectivity index (χ3n) is 6.29. The van der Waals surface area contributed by atoms with E-state index in [1.165, 1.54) is 21.3 Å². The van der Waals surface area contributed by atoms with Crippen LogP contribution >= 0.6 is 11.3 Å². The molecule has 1 saturated heterocycles. The van der Waals surface area contributed by atoms with Crippen LogP contribution in [0, 0.1) is 0 Å². The molecule has 5 nitrogen and oxygen atoms in total. The van der Waals surface area contributed by atoms with E-state index in [-0.39, 0.29) is 5.91 Å². The summed E-state index contributed by atoms with van der Waals surface area (Å²) in [5, 5.41) is 6.46. The van der Waals surface area contributed by atoms with Crippen LogP contribution in [0.5, 0.6) is 5.75 Å². The molecule has 1 N–H and O–H groups in total. The van der Waals surface area contributed by atoms with Gasteiger partial charge in [0.05, 0.1) is 6.61 Å². The topological polar surface area (TPSA) is 44.8 Å². The Morgan fingerprint density at radius 1 is 0.968 bits per heavy atom. The fourth-order valence-corrected chi connectivity index (χ4v) is 5.22. The van der Waals surface area contributed by atoms with Crippen molar-refractivity contribution in [2.24, 2.45) is 0 Å². The van der Waals surface area contributed by atoms with Gasteiger partial charge in [0, 0.05) is 54.7 Å². The van der Waals surface area contributed by atoms with Crippen LogP contribution in [0.1, 0.15) is 24.8 Å². The van der Waals surface area contributed by atoms with Gasteiger partial charge in [-0.1, -0.05) is 6.07 Å². The van der Waals surface area contributed by atoms with E-state index in [2.05, 4.69) is 50.8 Å². The zero-order valence-corrected chi connectivity index (χ0v) is 18.6. The molecule has 162 valence electrons. The first-order chi connectivity index (χ1) is 15.2. The Bertz CT molecular complexity index is 1060. The average Bonchev–Trinajstić information content (AvgIpc) is 3.27. The lowest BCUT2D eigenvalue weighted by molar-refractivity contribution is -0.116. The van der Waals surface area contributed by atoms with Crippen molar-refractivity contribution in [3.8, 4) is 5.75 Å². The highest BCUT2D eigenvalue weighted by Crippen LogP contribution is 2.28. The summed E-state index contributed by atoms with van der Waals surface area (Å²) < 4.78 is 7.29. The maximum atomic E-state index is 11.6. The number of thiophene rings is 1. The average molecular weight is 436 g/mol. The first-order valence-electron chi connectivity index (χ1n) is 11.2. The Hall–Kier alpha value is -2.57. The summed E-state index contributed by atoms with van der Waals surface area (Å²) in [4.78, 5) is 16.6. The number of nitrogens with one attached hydrogen (secondary N) is 1. The lowest BCUT2D eigenvalue weighted by Gasteiger charge is -2.36. The van der Waals surface area contributed by atoms with Crippen molar-refractivity contribution in [1.29, 1.82) is 0 Å². The van der Waals surface area contributed by atoms with Crippen molar-refractivity contribution in [3.05, 3.63) is 53.4 Å². The third kappa shape index (κ3) is 4.86. The van der Waals surface area contributed by atoms with Crippen LogP contribution in [-0.2, 0) is 11.2 Å². The molecular formula is C25H29N3O2S. The molecule has 5 rings (SSSR count). The minimum Gasteiger partial charge on any atom is -0.494 e. The molecule has 3 heterocycles. The van der Waals surface area contributed by atoms with E-state index < -0.39 is 0 Å². The highest BCUT2D eigenvalue weighted by molar-refractivity contribution is 7.17. The SMILES string of the molecule is O=C1CCc2ccc(OCCCCN3CCN(c4ccc5sccc5c4)CC3)cc2N1. The molecule has 31 heavy (non-hydrogen) atoms. The first kappa shape index (κ1) is 20.3. The minimum absolute atomic E-state index is 0.0942. The van der Waals surface area contributed by atoms with Gasteiger partial charge in [0.15, 0.2) is 0 Å². The summed E-state index contributed by atoms with van der Waals surface area (Å²) in [6.45, 7) is 6.26. The molecule has 0 unspecified atom stereocenters. The maximum absolute atomic E-state index is 11.6. The number of carbonyl (C=O) groups excluding carboxylic acids is 1. The molecule has 3 aromatic rings. The number of hydrogen-bond acceptors (Lipinski definition) is 5. The van der Waals surface area contributed by atoms with Crippen molar-refractivity contribution < 1.29 is 9.53 Å². The normalized spacial score (nSPS) is 16.9. The molecule has 0 spiro atoms. The van der Waals surface area contributed by atoms with Gasteiger partial charge in [-0.25, -0.2) is 0 Å². The van der Waals surface area contributed by atoms with Crippen molar-refractivity contribution in [3.63, 3.8) is 0 Å². The number of benzene rings is 2. The number of ether oxygens (including phenoxy) is 1. The van der Waals surface area contributed by atoms with Gasteiger partial charge in [-0.2, -0.15) is 0 Å². The molecule has 2 aliphatic heterocycles. The summed E-state index contributed by atoms with van der Waals surface area (Å²) in [7, 11) is 0. The predicted molar refractivity (Wildman–Crippen MR) is 129 cm³/mol. The number of rotatable bonds is 7. The van der Waals surface area contributed by atoms with Crippen LogP contribution in [-0.4, -0.2) is 50.1 Å². The number of carbonyl (C=O) groups is 1. The van der Waals surface area contributed by atoms with Crippen molar-refractivity contribution in [2.75, 3.05) is 49.5 Å². The van der Waals surface area contributed by atoms with Crippen LogP contribution in [0.2, 0.25) is 0 Å². The van der Waals surface area contributed by atoms with Crippen molar-refractivity contribution in [1.82, 2.24) is 4.90 Å². The number of amides is 1. The molecule has 0 bridgehead atoms. The third-order valence-corrected chi connectivity index (χ3v) is 7.19. The quantitative estimate of drug-likeness (QED) is 0.543. The molecular weight excluding hydrogens is 406 g/mol. The van der Waals surface area contributed by atoms with Gasteiger partial charge in [-0.3, -0.25) is 9.69 Å². The molecule has 2 aliphatic rings. The van der Waals surface area contributed by atoms with E-state index in [1.807, 2.05) is 23.5 Å². The number of piperazine rings is 1. The van der Waals surface area contributed by atoms with Crippen LogP contribution in [0.3, 0.4) is 0 Å². The largest absolute Gasteiger partial charge is 0.494 e. The molecule has 0 atom stereocenters. The lowest BCUT2D eigenvalue weighted by Crippen LogP contribution is -2.46. The Labute approximate surface area is 187 Å². The Kier molecular flexibility index (Phi) is 6.09. The second kappa shape index (κ2) is 9.28. The number of hydrogen-bond donors (Lipinski definition) is 1. The van der Waals surface area contributed by atoms with E-state index in [0.29, 0.717) is 13.0 Å². The second-order valence-electron chi connectivity index (χ2n) is 8.39. The van der Waals surface area contributed by atoms with Gasteiger partial charge in [-0.15, -0.1) is 11.3 Å². The summed E-state index contributed by atoms with van der Waals surface area (Å²) in [5.74, 6) is 0.939. The van der Waals surface area contributed by atoms with Gasteiger partial charge in [-0.05, 0) is 72.5 Å². The van der Waals surface area contributed by atoms with Crippen molar-refractivity contribution in [2.45, 2.75) is 25.7 Å². The summed E-state index contributed by atoms with van der Waals surface area (Å²) in [5.41, 5.74) is 3.45. The van der Waals surface area contributed by atoms with E-state index in [4.69, 9.17) is 4.74 Å². The van der Waals surface area contributed by atoms with Crippen LogP contribution in [0.4, 0.5) is 11.4 Å². The first-order valence-corrected chi connectivity index (χ1v) is 12.1. The maximum Gasteiger partial charge on any atom is 0.224 e. The lowest BCUT2D eigenvalue weighted by atomic mass is 10.0. The van der Waals surface area contributed by atoms with Gasteiger partial charge < -0.3 is 15.0 Å². The second-order valence-corrected chi connectivity index (χ2v) is 9.34. The van der Waals surface area contributed by atoms with E-state index >= 15 is 0 Å². The summed E-state index contributed by atoms with van der Waals surface area (Å²) in [6, 6.07) is 15.1. The Morgan fingerprint density at radius 3 is 2.77 bits per heavy atom. The predicted octanol–water partition coefficient (Wildman–Crippen LogP) is 4.77. The molecule has 1 amide bonds. The van der Waals surface area contributed by atoms with E-state index in [9.17, 15) is 4.79 Å². The molecule has 0 saturated carbocycles. The number of fused-ring (bicyclic) bond motifs is 2. The molecule has 0 radical (unpaired) electrons. The fraction of sp³-hybridized carbons (Fsp3) is 0.400. The molecule has 1 fully saturated rings. The monoisotopic (exact) mass is 435 g/mol. The Balaban J connectivity index is 1.02. The molecule has 1 aromatic heterocycles. The molecule has 6 heteroatoms. The number of anilines is 2. The fourth-order valence-electron chi connectivity index (χ4n) is 4.45. The summed E-state index contributed by atoms with van der Waals surface area (Å²) in [6.07, 6.45) is 3.57. The Morgan fingerprint density at radius 2 is 1.87 bits per heavy atom. The van der Waals surface area contributed by atoms with Crippen LogP contribution < -0.4 is 15.0 Å². The number of unbranched alkanes of at least 4 members (excludes halogenated alkanes) is 1. The molecule has 2 aromatic carbocycles. The molecule has 0 aliphatic carbocycles.